The van der Waals surface area contributed by atoms with Crippen LogP contribution >= 0.6 is 0 Å². The molecule has 1 rings (SSSR count). The van der Waals surface area contributed by atoms with Crippen LogP contribution in [0.15, 0.2) is 35.2 Å². The van der Waals surface area contributed by atoms with Gasteiger partial charge in [0.2, 0.25) is 0 Å². The first-order chi connectivity index (χ1) is 9.73. The van der Waals surface area contributed by atoms with Gasteiger partial charge in [0, 0.05) is 6.54 Å². The fraction of sp³-hybridized carbons (Fsp3) is 0.333. The average Bonchev–Trinajstić information content (AvgIpc) is 2.38. The van der Waals surface area contributed by atoms with Crippen molar-refractivity contribution < 1.29 is 28.2 Å². The molecule has 0 bridgehead atoms. The molecule has 0 saturated heterocycles. The molecule has 1 atom stereocenters. The van der Waals surface area contributed by atoms with Crippen LogP contribution in [0.4, 0.5) is 0 Å². The molecule has 4 N–H and O–H groups in total. The molecule has 9 heteroatoms. The average molecular weight is 316 g/mol. The van der Waals surface area contributed by atoms with Gasteiger partial charge in [-0.25, -0.2) is 8.42 Å². The van der Waals surface area contributed by atoms with E-state index in [1.165, 1.54) is 24.3 Å². The highest BCUT2D eigenvalue weighted by molar-refractivity contribution is 7.92. The Morgan fingerprint density at radius 3 is 2.00 bits per heavy atom. The number of hydrogen-bond donors (Lipinski definition) is 3. The zero-order chi connectivity index (χ0) is 16.0. The number of sulfone groups is 1. The van der Waals surface area contributed by atoms with Crippen molar-refractivity contribution in [2.75, 3.05) is 19.6 Å². The minimum Gasteiger partial charge on any atom is -0.480 e. The molecule has 0 aromatic heterocycles. The predicted molar refractivity (Wildman–Crippen MR) is 73.3 cm³/mol. The van der Waals surface area contributed by atoms with Crippen molar-refractivity contribution in [3.05, 3.63) is 30.3 Å². The van der Waals surface area contributed by atoms with Crippen LogP contribution in [0.25, 0.3) is 0 Å². The maximum absolute atomic E-state index is 12.2. The van der Waals surface area contributed by atoms with Crippen LogP contribution in [-0.4, -0.2) is 60.5 Å². The largest absolute Gasteiger partial charge is 0.480 e. The monoisotopic (exact) mass is 316 g/mol. The Labute approximate surface area is 121 Å². The number of rotatable bonds is 8. The lowest BCUT2D eigenvalue weighted by Gasteiger charge is -2.22. The van der Waals surface area contributed by atoms with Gasteiger partial charge in [-0.05, 0) is 12.1 Å². The second kappa shape index (κ2) is 7.16. The van der Waals surface area contributed by atoms with Gasteiger partial charge < -0.3 is 15.9 Å². The van der Waals surface area contributed by atoms with Gasteiger partial charge in [-0.15, -0.1) is 0 Å². The van der Waals surface area contributed by atoms with Gasteiger partial charge >= 0.3 is 11.9 Å². The topological polar surface area (TPSA) is 138 Å². The molecule has 8 nitrogen and oxygen atoms in total. The summed E-state index contributed by atoms with van der Waals surface area (Å²) in [7, 11) is -3.86. The van der Waals surface area contributed by atoms with Gasteiger partial charge in [0.25, 0.3) is 0 Å². The Hall–Kier alpha value is -1.97. The maximum Gasteiger partial charge on any atom is 0.317 e. The summed E-state index contributed by atoms with van der Waals surface area (Å²) in [6, 6.07) is 7.45. The fourth-order valence-corrected chi connectivity index (χ4v) is 3.00. The third kappa shape index (κ3) is 5.14. The van der Waals surface area contributed by atoms with Crippen LogP contribution in [-0.2, 0) is 19.4 Å². The SMILES string of the molecule is NC(CN(CC(=O)O)CC(=O)O)S(=O)(=O)c1ccccc1. The Morgan fingerprint density at radius 2 is 1.57 bits per heavy atom. The number of aliphatic carboxylic acids is 2. The number of benzene rings is 1. The van der Waals surface area contributed by atoms with E-state index in [4.69, 9.17) is 15.9 Å². The smallest absolute Gasteiger partial charge is 0.317 e. The van der Waals surface area contributed by atoms with E-state index < -0.39 is 46.8 Å². The normalized spacial score (nSPS) is 13.0. The van der Waals surface area contributed by atoms with Gasteiger partial charge in [0.05, 0.1) is 18.0 Å². The molecule has 0 heterocycles. The molecular weight excluding hydrogens is 300 g/mol. The van der Waals surface area contributed by atoms with Crippen molar-refractivity contribution in [3.8, 4) is 0 Å². The number of nitrogens with zero attached hydrogens (tertiary/aromatic N) is 1. The van der Waals surface area contributed by atoms with Crippen LogP contribution in [0.1, 0.15) is 0 Å². The highest BCUT2D eigenvalue weighted by Gasteiger charge is 2.27. The lowest BCUT2D eigenvalue weighted by molar-refractivity contribution is -0.141. The van der Waals surface area contributed by atoms with Crippen molar-refractivity contribution in [2.45, 2.75) is 10.3 Å². The van der Waals surface area contributed by atoms with Crippen molar-refractivity contribution in [1.82, 2.24) is 4.90 Å². The minimum absolute atomic E-state index is 0.00287. The van der Waals surface area contributed by atoms with Gasteiger partial charge in [-0.3, -0.25) is 14.5 Å². The van der Waals surface area contributed by atoms with E-state index in [1.807, 2.05) is 0 Å². The van der Waals surface area contributed by atoms with E-state index in [9.17, 15) is 18.0 Å². The van der Waals surface area contributed by atoms with E-state index >= 15 is 0 Å². The number of nitrogens with two attached hydrogens (primary N) is 1. The van der Waals surface area contributed by atoms with Gasteiger partial charge in [-0.1, -0.05) is 18.2 Å². The highest BCUT2D eigenvalue weighted by Crippen LogP contribution is 2.13. The van der Waals surface area contributed by atoms with Crippen LogP contribution in [0.3, 0.4) is 0 Å². The lowest BCUT2D eigenvalue weighted by atomic mass is 10.4. The number of carbonyl (C=O) groups is 2. The molecule has 1 aromatic carbocycles. The predicted octanol–water partition coefficient (Wildman–Crippen LogP) is -0.784. The Kier molecular flexibility index (Phi) is 5.82. The minimum atomic E-state index is -3.86. The lowest BCUT2D eigenvalue weighted by Crippen LogP contribution is -2.46. The van der Waals surface area contributed by atoms with E-state index in [0.29, 0.717) is 0 Å². The van der Waals surface area contributed by atoms with Crippen molar-refractivity contribution >= 4 is 21.8 Å². The van der Waals surface area contributed by atoms with E-state index in [-0.39, 0.29) is 4.90 Å². The maximum atomic E-state index is 12.2. The molecule has 21 heavy (non-hydrogen) atoms. The summed E-state index contributed by atoms with van der Waals surface area (Å²) in [5.74, 6) is -2.53. The van der Waals surface area contributed by atoms with E-state index in [1.54, 1.807) is 6.07 Å². The molecule has 0 aliphatic carbocycles. The number of hydrogen-bond acceptors (Lipinski definition) is 6. The highest BCUT2D eigenvalue weighted by atomic mass is 32.2. The molecule has 0 aliphatic heterocycles. The third-order valence-corrected chi connectivity index (χ3v) is 4.50. The standard InChI is InChI=1S/C12H16N2O6S/c13-10(6-14(7-11(15)16)8-12(17)18)21(19,20)9-4-2-1-3-5-9/h1-5,10H,6-8,13H2,(H,15,16)(H,17,18). The molecule has 0 radical (unpaired) electrons. The van der Waals surface area contributed by atoms with Crippen LogP contribution in [0.5, 0.6) is 0 Å². The fourth-order valence-electron chi connectivity index (χ4n) is 1.71. The van der Waals surface area contributed by atoms with Gasteiger partial charge in [0.1, 0.15) is 5.37 Å². The second-order valence-electron chi connectivity index (χ2n) is 4.35. The van der Waals surface area contributed by atoms with E-state index in [2.05, 4.69) is 0 Å². The summed E-state index contributed by atoms with van der Waals surface area (Å²) in [4.78, 5) is 22.3. The molecule has 1 aromatic rings. The van der Waals surface area contributed by atoms with Crippen LogP contribution < -0.4 is 5.73 Å². The second-order valence-corrected chi connectivity index (χ2v) is 6.52. The Morgan fingerprint density at radius 1 is 1.10 bits per heavy atom. The molecule has 0 aliphatic rings. The Balaban J connectivity index is 2.88. The quantitative estimate of drug-likeness (QED) is 0.567. The summed E-state index contributed by atoms with van der Waals surface area (Å²) in [5, 5.41) is 16.0. The summed E-state index contributed by atoms with van der Waals surface area (Å²) in [6.07, 6.45) is 0. The van der Waals surface area contributed by atoms with Gasteiger partial charge in [-0.2, -0.15) is 0 Å². The molecule has 0 spiro atoms. The zero-order valence-electron chi connectivity index (χ0n) is 11.0. The third-order valence-electron chi connectivity index (χ3n) is 2.63. The summed E-state index contributed by atoms with van der Waals surface area (Å²) < 4.78 is 24.4. The molecule has 0 amide bonds. The van der Waals surface area contributed by atoms with Gasteiger partial charge in [0.15, 0.2) is 9.84 Å². The molecule has 1 unspecified atom stereocenters. The zero-order valence-corrected chi connectivity index (χ0v) is 11.9. The number of carboxylic acids is 2. The van der Waals surface area contributed by atoms with Crippen molar-refractivity contribution in [2.24, 2.45) is 5.73 Å². The Bertz CT molecular complexity index is 585. The first kappa shape index (κ1) is 17.1. The van der Waals surface area contributed by atoms with Crippen molar-refractivity contribution in [1.29, 1.82) is 0 Å². The molecule has 116 valence electrons. The first-order valence-electron chi connectivity index (χ1n) is 5.94. The summed E-state index contributed by atoms with van der Waals surface area (Å²) in [6.45, 7) is -1.61. The first-order valence-corrected chi connectivity index (χ1v) is 7.48. The van der Waals surface area contributed by atoms with Crippen LogP contribution in [0, 0.1) is 0 Å². The molecule has 0 fully saturated rings. The number of carboxylic acid groups (broad SMARTS) is 2. The summed E-state index contributed by atoms with van der Waals surface area (Å²) in [5.41, 5.74) is 5.62. The van der Waals surface area contributed by atoms with Crippen molar-refractivity contribution in [3.63, 3.8) is 0 Å². The summed E-state index contributed by atoms with van der Waals surface area (Å²) >= 11 is 0. The molecule has 0 saturated carbocycles. The van der Waals surface area contributed by atoms with Crippen LogP contribution in [0.2, 0.25) is 0 Å². The molecular formula is C12H16N2O6S. The van der Waals surface area contributed by atoms with E-state index in [0.717, 1.165) is 4.90 Å².